The van der Waals surface area contributed by atoms with Gasteiger partial charge in [0.25, 0.3) is 5.91 Å². The Balaban J connectivity index is 1.65. The molecule has 2 fully saturated rings. The number of benzene rings is 2. The number of amides is 1. The van der Waals surface area contributed by atoms with Gasteiger partial charge in [-0.05, 0) is 42.7 Å². The molecule has 1 saturated carbocycles. The number of carbonyl (C=O) groups is 2. The van der Waals surface area contributed by atoms with Crippen LogP contribution >= 0.6 is 0 Å². The van der Waals surface area contributed by atoms with Gasteiger partial charge in [-0.2, -0.15) is 0 Å². The van der Waals surface area contributed by atoms with Crippen molar-refractivity contribution in [2.45, 2.75) is 18.9 Å². The van der Waals surface area contributed by atoms with Crippen LogP contribution in [-0.4, -0.2) is 23.6 Å². The van der Waals surface area contributed by atoms with E-state index in [0.717, 1.165) is 12.8 Å². The molecule has 1 saturated heterocycles. The number of aliphatic hydroxyl groups is 1. The van der Waals surface area contributed by atoms with E-state index in [0.29, 0.717) is 22.7 Å². The zero-order chi connectivity index (χ0) is 19.4. The fourth-order valence-electron chi connectivity index (χ4n) is 3.64. The van der Waals surface area contributed by atoms with Gasteiger partial charge in [0.2, 0.25) is 6.79 Å². The first kappa shape index (κ1) is 16.8. The summed E-state index contributed by atoms with van der Waals surface area (Å²) in [5.41, 5.74) is 0.723. The van der Waals surface area contributed by atoms with E-state index in [1.165, 1.54) is 29.2 Å². The van der Waals surface area contributed by atoms with Gasteiger partial charge in [-0.15, -0.1) is 0 Å². The number of anilines is 1. The molecule has 0 spiro atoms. The quantitative estimate of drug-likeness (QED) is 0.501. The zero-order valence-corrected chi connectivity index (χ0v) is 14.7. The molecule has 2 aliphatic heterocycles. The van der Waals surface area contributed by atoms with Crippen molar-refractivity contribution < 1.29 is 28.6 Å². The highest BCUT2D eigenvalue weighted by Crippen LogP contribution is 2.45. The molecular weight excluding hydrogens is 365 g/mol. The van der Waals surface area contributed by atoms with E-state index in [1.807, 2.05) is 0 Å². The third-order valence-electron chi connectivity index (χ3n) is 5.23. The minimum Gasteiger partial charge on any atom is -0.511 e. The first-order valence-corrected chi connectivity index (χ1v) is 9.00. The Labute approximate surface area is 159 Å². The molecule has 0 radical (unpaired) electrons. The highest BCUT2D eigenvalue weighted by Gasteiger charge is 2.48. The van der Waals surface area contributed by atoms with Crippen LogP contribution in [0.2, 0.25) is 0 Å². The van der Waals surface area contributed by atoms with Gasteiger partial charge in [0, 0.05) is 17.7 Å². The van der Waals surface area contributed by atoms with Crippen LogP contribution in [0.5, 0.6) is 11.5 Å². The van der Waals surface area contributed by atoms with Crippen LogP contribution < -0.4 is 14.4 Å². The van der Waals surface area contributed by atoms with Gasteiger partial charge in [-0.3, -0.25) is 14.5 Å². The molecule has 6 nitrogen and oxygen atoms in total. The molecule has 5 rings (SSSR count). The van der Waals surface area contributed by atoms with Gasteiger partial charge < -0.3 is 14.6 Å². The van der Waals surface area contributed by atoms with E-state index in [9.17, 15) is 19.1 Å². The maximum absolute atomic E-state index is 13.4. The summed E-state index contributed by atoms with van der Waals surface area (Å²) in [6, 6.07) is 9.41. The second kappa shape index (κ2) is 6.09. The SMILES string of the molecule is O=C1C(=C(O)C2CC2)C(=O)N(c2ccc3c(c2)OCO3)C1c1ccc(F)cc1. The Hall–Kier alpha value is -3.35. The maximum Gasteiger partial charge on any atom is 0.266 e. The van der Waals surface area contributed by atoms with Gasteiger partial charge in [0.05, 0.1) is 0 Å². The number of halogens is 1. The molecule has 1 N–H and O–H groups in total. The average Bonchev–Trinajstić information content (AvgIpc) is 3.38. The molecule has 1 atom stereocenters. The van der Waals surface area contributed by atoms with Crippen LogP contribution in [0.1, 0.15) is 24.4 Å². The molecule has 28 heavy (non-hydrogen) atoms. The standard InChI is InChI=1S/C21H16FNO5/c22-13-5-3-11(4-6-13)18-20(25)17(19(24)12-1-2-12)21(26)23(18)14-7-8-15-16(9-14)28-10-27-15/h3-9,12,18,24H,1-2,10H2. The predicted molar refractivity (Wildman–Crippen MR) is 96.6 cm³/mol. The summed E-state index contributed by atoms with van der Waals surface area (Å²) in [5, 5.41) is 10.5. The summed E-state index contributed by atoms with van der Waals surface area (Å²) in [6.45, 7) is 0.0840. The van der Waals surface area contributed by atoms with Gasteiger partial charge in [0.1, 0.15) is 23.2 Å². The number of rotatable bonds is 3. The van der Waals surface area contributed by atoms with Crippen LogP contribution in [0.15, 0.2) is 53.8 Å². The highest BCUT2D eigenvalue weighted by molar-refractivity contribution is 6.33. The van der Waals surface area contributed by atoms with Crippen LogP contribution in [0.4, 0.5) is 10.1 Å². The molecule has 2 heterocycles. The molecule has 142 valence electrons. The fourth-order valence-corrected chi connectivity index (χ4v) is 3.64. The van der Waals surface area contributed by atoms with Crippen molar-refractivity contribution in [2.24, 2.45) is 5.92 Å². The largest absolute Gasteiger partial charge is 0.511 e. The number of hydrogen-bond donors (Lipinski definition) is 1. The van der Waals surface area contributed by atoms with Crippen LogP contribution in [0, 0.1) is 11.7 Å². The lowest BCUT2D eigenvalue weighted by molar-refractivity contribution is -0.117. The number of hydrogen-bond acceptors (Lipinski definition) is 5. The molecule has 3 aliphatic rings. The van der Waals surface area contributed by atoms with Crippen molar-refractivity contribution in [3.63, 3.8) is 0 Å². The van der Waals surface area contributed by atoms with Gasteiger partial charge >= 0.3 is 0 Å². The minimum absolute atomic E-state index is 0.0840. The molecule has 0 bridgehead atoms. The van der Waals surface area contributed by atoms with Crippen molar-refractivity contribution >= 4 is 17.4 Å². The number of ketones is 1. The normalized spacial score (nSPS) is 22.8. The van der Waals surface area contributed by atoms with Crippen molar-refractivity contribution in [1.82, 2.24) is 0 Å². The van der Waals surface area contributed by atoms with Crippen molar-refractivity contribution in [1.29, 1.82) is 0 Å². The Bertz CT molecular complexity index is 1030. The Morgan fingerprint density at radius 1 is 1.04 bits per heavy atom. The predicted octanol–water partition coefficient (Wildman–Crippen LogP) is 3.43. The summed E-state index contributed by atoms with van der Waals surface area (Å²) in [4.78, 5) is 27.7. The highest BCUT2D eigenvalue weighted by atomic mass is 19.1. The number of carbonyl (C=O) groups excluding carboxylic acids is 2. The van der Waals surface area contributed by atoms with E-state index in [-0.39, 0.29) is 24.0 Å². The first-order chi connectivity index (χ1) is 13.5. The zero-order valence-electron chi connectivity index (χ0n) is 14.7. The third-order valence-corrected chi connectivity index (χ3v) is 5.23. The van der Waals surface area contributed by atoms with E-state index < -0.39 is 23.5 Å². The molecule has 7 heteroatoms. The first-order valence-electron chi connectivity index (χ1n) is 9.00. The van der Waals surface area contributed by atoms with Crippen molar-refractivity contribution in [2.75, 3.05) is 11.7 Å². The topological polar surface area (TPSA) is 76.1 Å². The molecule has 0 aromatic heterocycles. The average molecular weight is 381 g/mol. The van der Waals surface area contributed by atoms with E-state index in [4.69, 9.17) is 9.47 Å². The number of ether oxygens (including phenoxy) is 2. The fraction of sp³-hybridized carbons (Fsp3) is 0.238. The van der Waals surface area contributed by atoms with Crippen molar-refractivity contribution in [3.05, 3.63) is 65.2 Å². The molecule has 1 aliphatic carbocycles. The number of aliphatic hydroxyl groups excluding tert-OH is 1. The number of allylic oxidation sites excluding steroid dienone is 1. The third kappa shape index (κ3) is 2.54. The second-order valence-electron chi connectivity index (χ2n) is 7.07. The summed E-state index contributed by atoms with van der Waals surface area (Å²) in [5.74, 6) is -0.761. The number of fused-ring (bicyclic) bond motifs is 1. The number of nitrogens with zero attached hydrogens (tertiary/aromatic N) is 1. The smallest absolute Gasteiger partial charge is 0.266 e. The summed E-state index contributed by atoms with van der Waals surface area (Å²) in [6.07, 6.45) is 1.50. The Kier molecular flexibility index (Phi) is 3.65. The van der Waals surface area contributed by atoms with Gasteiger partial charge in [-0.25, -0.2) is 4.39 Å². The lowest BCUT2D eigenvalue weighted by atomic mass is 9.99. The lowest BCUT2D eigenvalue weighted by Crippen LogP contribution is -2.29. The Morgan fingerprint density at radius 2 is 1.75 bits per heavy atom. The van der Waals surface area contributed by atoms with E-state index in [2.05, 4.69) is 0 Å². The van der Waals surface area contributed by atoms with Gasteiger partial charge in [-0.1, -0.05) is 12.1 Å². The summed E-state index contributed by atoms with van der Waals surface area (Å²) >= 11 is 0. The molecule has 1 unspecified atom stereocenters. The van der Waals surface area contributed by atoms with E-state index in [1.54, 1.807) is 18.2 Å². The van der Waals surface area contributed by atoms with Crippen molar-refractivity contribution in [3.8, 4) is 11.5 Å². The lowest BCUT2D eigenvalue weighted by Gasteiger charge is -2.23. The van der Waals surface area contributed by atoms with Crippen LogP contribution in [0.3, 0.4) is 0 Å². The Morgan fingerprint density at radius 3 is 2.46 bits per heavy atom. The maximum atomic E-state index is 13.4. The molecule has 1 amide bonds. The monoisotopic (exact) mass is 381 g/mol. The minimum atomic E-state index is -0.982. The molecule has 2 aromatic rings. The summed E-state index contributed by atoms with van der Waals surface area (Å²) < 4.78 is 24.1. The van der Waals surface area contributed by atoms with Crippen LogP contribution in [-0.2, 0) is 9.59 Å². The second-order valence-corrected chi connectivity index (χ2v) is 7.07. The van der Waals surface area contributed by atoms with Gasteiger partial charge in [0.15, 0.2) is 17.3 Å². The molecular formula is C21H16FNO5. The van der Waals surface area contributed by atoms with Crippen LogP contribution in [0.25, 0.3) is 0 Å². The molecule has 2 aromatic carbocycles. The summed E-state index contributed by atoms with van der Waals surface area (Å²) in [7, 11) is 0. The van der Waals surface area contributed by atoms with E-state index >= 15 is 0 Å². The number of Topliss-reactive ketones (excluding diaryl/α,β-unsaturated/α-hetero) is 1.